The number of rotatable bonds is 3. The molecule has 3 nitrogen and oxygen atoms in total. The molecule has 0 unspecified atom stereocenters. The van der Waals surface area contributed by atoms with Gasteiger partial charge in [-0.1, -0.05) is 29.8 Å². The third-order valence-electron chi connectivity index (χ3n) is 3.04. The molecule has 1 amide bonds. The molecule has 1 aromatic carbocycles. The van der Waals surface area contributed by atoms with E-state index in [1.165, 1.54) is 0 Å². The molecule has 2 rings (SSSR count). The van der Waals surface area contributed by atoms with Gasteiger partial charge >= 0.3 is 0 Å². The van der Waals surface area contributed by atoms with Crippen molar-refractivity contribution in [2.75, 3.05) is 5.32 Å². The highest BCUT2D eigenvalue weighted by atomic mass is 35.5. The van der Waals surface area contributed by atoms with E-state index in [4.69, 9.17) is 11.6 Å². The van der Waals surface area contributed by atoms with Gasteiger partial charge in [0, 0.05) is 11.2 Å². The molecule has 0 aliphatic rings. The summed E-state index contributed by atoms with van der Waals surface area (Å²) in [4.78, 5) is 16.4. The number of nitrogens with zero attached hydrogens (tertiary/aromatic N) is 1. The third kappa shape index (κ3) is 3.12. The average Bonchev–Trinajstić information content (AvgIpc) is 2.40. The molecule has 0 aliphatic carbocycles. The van der Waals surface area contributed by atoms with E-state index in [1.807, 2.05) is 32.0 Å². The molecule has 2 aromatic rings. The standard InChI is InChI=1S/C15H15ClN2O/c1-15(2,11-6-8-12(16)9-7-11)14(19)18-13-5-3-4-10-17-13/h3-10H,1-2H3,(H,17,18,19). The van der Waals surface area contributed by atoms with Crippen LogP contribution in [0.5, 0.6) is 0 Å². The molecule has 0 saturated carbocycles. The molecule has 0 aliphatic heterocycles. The fourth-order valence-electron chi connectivity index (χ4n) is 1.71. The Kier molecular flexibility index (Phi) is 3.86. The van der Waals surface area contributed by atoms with Gasteiger partial charge in [-0.05, 0) is 43.7 Å². The zero-order chi connectivity index (χ0) is 13.9. The lowest BCUT2D eigenvalue weighted by molar-refractivity contribution is -0.120. The number of carbonyl (C=O) groups is 1. The van der Waals surface area contributed by atoms with Gasteiger partial charge in [0.25, 0.3) is 0 Å². The number of anilines is 1. The van der Waals surface area contributed by atoms with Crippen LogP contribution in [0.25, 0.3) is 0 Å². The van der Waals surface area contributed by atoms with Gasteiger partial charge < -0.3 is 5.32 Å². The zero-order valence-corrected chi connectivity index (χ0v) is 11.6. The number of halogens is 1. The first-order chi connectivity index (χ1) is 9.00. The summed E-state index contributed by atoms with van der Waals surface area (Å²) >= 11 is 5.86. The normalized spacial score (nSPS) is 11.1. The van der Waals surface area contributed by atoms with Crippen molar-refractivity contribution in [2.45, 2.75) is 19.3 Å². The van der Waals surface area contributed by atoms with Gasteiger partial charge in [-0.25, -0.2) is 4.98 Å². The fraction of sp³-hybridized carbons (Fsp3) is 0.200. The van der Waals surface area contributed by atoms with E-state index < -0.39 is 5.41 Å². The second-order valence-corrected chi connectivity index (χ2v) is 5.24. The number of pyridine rings is 1. The Hall–Kier alpha value is -1.87. The second-order valence-electron chi connectivity index (χ2n) is 4.80. The Bertz CT molecular complexity index is 564. The van der Waals surface area contributed by atoms with E-state index in [9.17, 15) is 4.79 Å². The molecular weight excluding hydrogens is 260 g/mol. The molecule has 0 saturated heterocycles. The van der Waals surface area contributed by atoms with Gasteiger partial charge in [0.15, 0.2) is 0 Å². The number of carbonyl (C=O) groups excluding carboxylic acids is 1. The summed E-state index contributed by atoms with van der Waals surface area (Å²) in [5.74, 6) is 0.447. The van der Waals surface area contributed by atoms with E-state index in [-0.39, 0.29) is 5.91 Å². The number of hydrogen-bond donors (Lipinski definition) is 1. The van der Waals surface area contributed by atoms with Crippen LogP contribution in [0.1, 0.15) is 19.4 Å². The zero-order valence-electron chi connectivity index (χ0n) is 10.9. The molecule has 4 heteroatoms. The van der Waals surface area contributed by atoms with Crippen LogP contribution in [0, 0.1) is 0 Å². The highest BCUT2D eigenvalue weighted by molar-refractivity contribution is 6.30. The Morgan fingerprint density at radius 2 is 1.84 bits per heavy atom. The maximum atomic E-state index is 12.3. The van der Waals surface area contributed by atoms with Crippen LogP contribution >= 0.6 is 11.6 Å². The maximum Gasteiger partial charge on any atom is 0.235 e. The molecular formula is C15H15ClN2O. The summed E-state index contributed by atoms with van der Waals surface area (Å²) in [7, 11) is 0. The Morgan fingerprint density at radius 3 is 2.42 bits per heavy atom. The van der Waals surface area contributed by atoms with Crippen molar-refractivity contribution >= 4 is 23.3 Å². The number of amides is 1. The van der Waals surface area contributed by atoms with Crippen molar-refractivity contribution in [2.24, 2.45) is 0 Å². The molecule has 0 bridgehead atoms. The summed E-state index contributed by atoms with van der Waals surface area (Å²) in [5.41, 5.74) is 0.257. The van der Waals surface area contributed by atoms with Gasteiger partial charge in [-0.3, -0.25) is 4.79 Å². The number of nitrogens with one attached hydrogen (secondary N) is 1. The topological polar surface area (TPSA) is 42.0 Å². The summed E-state index contributed by atoms with van der Waals surface area (Å²) in [6.45, 7) is 3.74. The number of benzene rings is 1. The highest BCUT2D eigenvalue weighted by Gasteiger charge is 2.29. The predicted molar refractivity (Wildman–Crippen MR) is 77.3 cm³/mol. The van der Waals surface area contributed by atoms with E-state index in [0.29, 0.717) is 10.8 Å². The molecule has 98 valence electrons. The largest absolute Gasteiger partial charge is 0.310 e. The average molecular weight is 275 g/mol. The van der Waals surface area contributed by atoms with E-state index in [2.05, 4.69) is 10.3 Å². The second kappa shape index (κ2) is 5.41. The summed E-state index contributed by atoms with van der Waals surface area (Å²) in [6.07, 6.45) is 1.64. The Labute approximate surface area is 117 Å². The molecule has 0 spiro atoms. The van der Waals surface area contributed by atoms with Gasteiger partial charge in [0.2, 0.25) is 5.91 Å². The Morgan fingerprint density at radius 1 is 1.16 bits per heavy atom. The molecule has 1 N–H and O–H groups in total. The first-order valence-electron chi connectivity index (χ1n) is 5.98. The lowest BCUT2D eigenvalue weighted by Gasteiger charge is -2.24. The summed E-state index contributed by atoms with van der Waals surface area (Å²) < 4.78 is 0. The van der Waals surface area contributed by atoms with E-state index >= 15 is 0 Å². The molecule has 0 atom stereocenters. The first-order valence-corrected chi connectivity index (χ1v) is 6.36. The van der Waals surface area contributed by atoms with Crippen LogP contribution in [-0.2, 0) is 10.2 Å². The molecule has 0 fully saturated rings. The highest BCUT2D eigenvalue weighted by Crippen LogP contribution is 2.26. The van der Waals surface area contributed by atoms with Crippen molar-refractivity contribution in [3.8, 4) is 0 Å². The third-order valence-corrected chi connectivity index (χ3v) is 3.29. The van der Waals surface area contributed by atoms with Crippen LogP contribution in [0.4, 0.5) is 5.82 Å². The van der Waals surface area contributed by atoms with Crippen LogP contribution in [0.15, 0.2) is 48.7 Å². The number of aromatic nitrogens is 1. The monoisotopic (exact) mass is 274 g/mol. The molecule has 1 aromatic heterocycles. The van der Waals surface area contributed by atoms with Crippen LogP contribution in [0.3, 0.4) is 0 Å². The van der Waals surface area contributed by atoms with Gasteiger partial charge in [0.1, 0.15) is 5.82 Å². The van der Waals surface area contributed by atoms with E-state index in [0.717, 1.165) is 5.56 Å². The van der Waals surface area contributed by atoms with Crippen molar-refractivity contribution in [1.29, 1.82) is 0 Å². The molecule has 1 heterocycles. The Balaban J connectivity index is 2.19. The van der Waals surface area contributed by atoms with Crippen LogP contribution < -0.4 is 5.32 Å². The summed E-state index contributed by atoms with van der Waals surface area (Å²) in [5, 5.41) is 3.47. The van der Waals surface area contributed by atoms with Gasteiger partial charge in [-0.2, -0.15) is 0 Å². The molecule has 0 radical (unpaired) electrons. The lowest BCUT2D eigenvalue weighted by atomic mass is 9.84. The van der Waals surface area contributed by atoms with Crippen molar-refractivity contribution in [3.63, 3.8) is 0 Å². The fourth-order valence-corrected chi connectivity index (χ4v) is 1.83. The summed E-state index contributed by atoms with van der Waals surface area (Å²) in [6, 6.07) is 12.7. The van der Waals surface area contributed by atoms with Crippen LogP contribution in [0.2, 0.25) is 5.02 Å². The van der Waals surface area contributed by atoms with Gasteiger partial charge in [0.05, 0.1) is 5.41 Å². The lowest BCUT2D eigenvalue weighted by Crippen LogP contribution is -2.34. The minimum Gasteiger partial charge on any atom is -0.310 e. The van der Waals surface area contributed by atoms with E-state index in [1.54, 1.807) is 30.5 Å². The van der Waals surface area contributed by atoms with Crippen molar-refractivity contribution in [1.82, 2.24) is 4.98 Å². The SMILES string of the molecule is CC(C)(C(=O)Nc1ccccn1)c1ccc(Cl)cc1. The quantitative estimate of drug-likeness (QED) is 0.928. The first kappa shape index (κ1) is 13.6. The maximum absolute atomic E-state index is 12.3. The smallest absolute Gasteiger partial charge is 0.235 e. The van der Waals surface area contributed by atoms with Crippen LogP contribution in [-0.4, -0.2) is 10.9 Å². The van der Waals surface area contributed by atoms with Gasteiger partial charge in [-0.15, -0.1) is 0 Å². The molecule has 19 heavy (non-hydrogen) atoms. The minimum atomic E-state index is -0.651. The van der Waals surface area contributed by atoms with Crippen molar-refractivity contribution < 1.29 is 4.79 Å². The minimum absolute atomic E-state index is 0.103. The van der Waals surface area contributed by atoms with Crippen molar-refractivity contribution in [3.05, 3.63) is 59.2 Å². The predicted octanol–water partition coefficient (Wildman–Crippen LogP) is 3.65. The number of hydrogen-bond acceptors (Lipinski definition) is 2.